The second-order valence-electron chi connectivity index (χ2n) is 3.80. The Hall–Kier alpha value is -1.82. The summed E-state index contributed by atoms with van der Waals surface area (Å²) in [7, 11) is 0. The Morgan fingerprint density at radius 3 is 2.61 bits per heavy atom. The number of carbonyl (C=O) groups is 1. The standard InChI is InChI=1S/C12H12N2O3S/c1-8-11(14-17-13-8)7-18-10-4-2-9(3-5-10)6-12(15)16/h2-5H,6-7H2,1H3,(H,15,16). The highest BCUT2D eigenvalue weighted by atomic mass is 32.2. The first kappa shape index (κ1) is 12.6. The van der Waals surface area contributed by atoms with Gasteiger partial charge in [0.2, 0.25) is 0 Å². The van der Waals surface area contributed by atoms with E-state index in [-0.39, 0.29) is 6.42 Å². The Bertz CT molecular complexity index is 537. The first-order valence-corrected chi connectivity index (χ1v) is 6.35. The predicted octanol–water partition coefficient (Wildman–Crippen LogP) is 2.30. The largest absolute Gasteiger partial charge is 0.481 e. The number of hydrogen-bond acceptors (Lipinski definition) is 5. The van der Waals surface area contributed by atoms with Gasteiger partial charge >= 0.3 is 5.97 Å². The van der Waals surface area contributed by atoms with Gasteiger partial charge in [-0.25, -0.2) is 4.63 Å². The van der Waals surface area contributed by atoms with Gasteiger partial charge in [0.25, 0.3) is 0 Å². The van der Waals surface area contributed by atoms with Gasteiger partial charge in [0.1, 0.15) is 11.4 Å². The third-order valence-electron chi connectivity index (χ3n) is 2.40. The second-order valence-corrected chi connectivity index (χ2v) is 4.85. The first-order valence-electron chi connectivity index (χ1n) is 5.36. The highest BCUT2D eigenvalue weighted by molar-refractivity contribution is 7.98. The van der Waals surface area contributed by atoms with E-state index in [2.05, 4.69) is 14.9 Å². The lowest BCUT2D eigenvalue weighted by Gasteiger charge is -2.01. The fourth-order valence-corrected chi connectivity index (χ4v) is 2.30. The van der Waals surface area contributed by atoms with E-state index >= 15 is 0 Å². The van der Waals surface area contributed by atoms with Gasteiger partial charge in [-0.2, -0.15) is 0 Å². The zero-order chi connectivity index (χ0) is 13.0. The van der Waals surface area contributed by atoms with Crippen LogP contribution in [-0.2, 0) is 17.0 Å². The molecule has 0 spiro atoms. The third-order valence-corrected chi connectivity index (χ3v) is 3.42. The molecule has 1 aromatic carbocycles. The molecular formula is C12H12N2O3S. The van der Waals surface area contributed by atoms with Crippen molar-refractivity contribution in [3.05, 3.63) is 41.2 Å². The highest BCUT2D eigenvalue weighted by Gasteiger charge is 2.06. The number of aromatic nitrogens is 2. The molecule has 0 aliphatic carbocycles. The molecule has 0 aliphatic heterocycles. The van der Waals surface area contributed by atoms with Crippen LogP contribution >= 0.6 is 11.8 Å². The number of carboxylic acids is 1. The number of aliphatic carboxylic acids is 1. The molecule has 18 heavy (non-hydrogen) atoms. The molecule has 0 fully saturated rings. The van der Waals surface area contributed by atoms with Crippen molar-refractivity contribution in [2.75, 3.05) is 0 Å². The lowest BCUT2D eigenvalue weighted by molar-refractivity contribution is -0.136. The maximum Gasteiger partial charge on any atom is 0.307 e. The highest BCUT2D eigenvalue weighted by Crippen LogP contribution is 2.23. The van der Waals surface area contributed by atoms with Crippen molar-refractivity contribution < 1.29 is 14.5 Å². The predicted molar refractivity (Wildman–Crippen MR) is 66.4 cm³/mol. The van der Waals surface area contributed by atoms with Crippen LogP contribution in [0.4, 0.5) is 0 Å². The van der Waals surface area contributed by atoms with Crippen molar-refractivity contribution in [2.24, 2.45) is 0 Å². The molecule has 0 bridgehead atoms. The Labute approximate surface area is 108 Å². The number of benzene rings is 1. The van der Waals surface area contributed by atoms with E-state index in [0.29, 0.717) is 5.75 Å². The van der Waals surface area contributed by atoms with E-state index < -0.39 is 5.97 Å². The number of thioether (sulfide) groups is 1. The molecule has 1 aromatic heterocycles. The summed E-state index contributed by atoms with van der Waals surface area (Å²) in [6.07, 6.45) is 0.0528. The zero-order valence-corrected chi connectivity index (χ0v) is 10.6. The van der Waals surface area contributed by atoms with Crippen LogP contribution in [0.1, 0.15) is 17.0 Å². The molecule has 0 atom stereocenters. The topological polar surface area (TPSA) is 76.2 Å². The summed E-state index contributed by atoms with van der Waals surface area (Å²) in [6, 6.07) is 7.46. The molecule has 2 aromatic rings. The molecule has 0 amide bonds. The Kier molecular flexibility index (Phi) is 3.99. The summed E-state index contributed by atoms with van der Waals surface area (Å²) in [5, 5.41) is 16.2. The van der Waals surface area contributed by atoms with Gasteiger partial charge < -0.3 is 5.11 Å². The van der Waals surface area contributed by atoms with Gasteiger partial charge in [-0.1, -0.05) is 22.4 Å². The molecule has 1 N–H and O–H groups in total. The summed E-state index contributed by atoms with van der Waals surface area (Å²) >= 11 is 1.61. The number of nitrogens with zero attached hydrogens (tertiary/aromatic N) is 2. The lowest BCUT2D eigenvalue weighted by Crippen LogP contribution is -1.99. The van der Waals surface area contributed by atoms with E-state index in [4.69, 9.17) is 5.11 Å². The number of hydrogen-bond donors (Lipinski definition) is 1. The van der Waals surface area contributed by atoms with Crippen LogP contribution in [0, 0.1) is 6.92 Å². The normalized spacial score (nSPS) is 10.5. The maximum absolute atomic E-state index is 10.5. The van der Waals surface area contributed by atoms with Crippen molar-refractivity contribution in [3.8, 4) is 0 Å². The smallest absolute Gasteiger partial charge is 0.307 e. The summed E-state index contributed by atoms with van der Waals surface area (Å²) in [6.45, 7) is 1.85. The molecule has 0 saturated carbocycles. The van der Waals surface area contributed by atoms with Gasteiger partial charge in [0.15, 0.2) is 0 Å². The van der Waals surface area contributed by atoms with Crippen LogP contribution < -0.4 is 0 Å². The molecular weight excluding hydrogens is 252 g/mol. The van der Waals surface area contributed by atoms with Crippen LogP contribution in [-0.4, -0.2) is 21.4 Å². The Balaban J connectivity index is 1.94. The van der Waals surface area contributed by atoms with E-state index in [0.717, 1.165) is 21.8 Å². The molecule has 2 rings (SSSR count). The second kappa shape index (κ2) is 5.68. The van der Waals surface area contributed by atoms with Gasteiger partial charge in [-0.15, -0.1) is 11.8 Å². The molecule has 6 heteroatoms. The number of aryl methyl sites for hydroxylation is 1. The summed E-state index contributed by atoms with van der Waals surface area (Å²) in [5.41, 5.74) is 2.42. The minimum absolute atomic E-state index is 0.0528. The molecule has 0 radical (unpaired) electrons. The van der Waals surface area contributed by atoms with Crippen molar-refractivity contribution >= 4 is 17.7 Å². The van der Waals surface area contributed by atoms with Crippen LogP contribution in [0.5, 0.6) is 0 Å². The Morgan fingerprint density at radius 2 is 2.06 bits per heavy atom. The van der Waals surface area contributed by atoms with Gasteiger partial charge in [0, 0.05) is 10.6 Å². The van der Waals surface area contributed by atoms with Gasteiger partial charge in [-0.05, 0) is 24.6 Å². The van der Waals surface area contributed by atoms with Crippen LogP contribution in [0.25, 0.3) is 0 Å². The lowest BCUT2D eigenvalue weighted by atomic mass is 10.2. The van der Waals surface area contributed by atoms with E-state index in [1.165, 1.54) is 0 Å². The SMILES string of the molecule is Cc1nonc1CSc1ccc(CC(=O)O)cc1. The summed E-state index contributed by atoms with van der Waals surface area (Å²) in [4.78, 5) is 11.6. The molecule has 94 valence electrons. The zero-order valence-electron chi connectivity index (χ0n) is 9.79. The molecule has 5 nitrogen and oxygen atoms in total. The third kappa shape index (κ3) is 3.33. The fourth-order valence-electron chi connectivity index (χ4n) is 1.41. The summed E-state index contributed by atoms with van der Waals surface area (Å²) < 4.78 is 4.62. The average Bonchev–Trinajstić information content (AvgIpc) is 2.73. The number of carboxylic acid groups (broad SMARTS) is 1. The van der Waals surface area contributed by atoms with E-state index in [1.54, 1.807) is 11.8 Å². The van der Waals surface area contributed by atoms with Crippen LogP contribution in [0.2, 0.25) is 0 Å². The van der Waals surface area contributed by atoms with Crippen molar-refractivity contribution in [1.29, 1.82) is 0 Å². The first-order chi connectivity index (χ1) is 8.65. The van der Waals surface area contributed by atoms with Crippen molar-refractivity contribution in [2.45, 2.75) is 24.0 Å². The van der Waals surface area contributed by atoms with E-state index in [1.807, 2.05) is 31.2 Å². The van der Waals surface area contributed by atoms with Crippen molar-refractivity contribution in [3.63, 3.8) is 0 Å². The molecule has 0 saturated heterocycles. The van der Waals surface area contributed by atoms with Gasteiger partial charge in [0.05, 0.1) is 6.42 Å². The summed E-state index contributed by atoms with van der Waals surface area (Å²) in [5.74, 6) is -0.132. The van der Waals surface area contributed by atoms with Crippen LogP contribution in [0.3, 0.4) is 0 Å². The Morgan fingerprint density at radius 1 is 1.33 bits per heavy atom. The fraction of sp³-hybridized carbons (Fsp3) is 0.250. The maximum atomic E-state index is 10.5. The van der Waals surface area contributed by atoms with Crippen LogP contribution in [0.15, 0.2) is 33.8 Å². The average molecular weight is 264 g/mol. The molecule has 1 heterocycles. The van der Waals surface area contributed by atoms with E-state index in [9.17, 15) is 4.79 Å². The van der Waals surface area contributed by atoms with Gasteiger partial charge in [-0.3, -0.25) is 4.79 Å². The minimum Gasteiger partial charge on any atom is -0.481 e. The molecule has 0 aliphatic rings. The monoisotopic (exact) mass is 264 g/mol. The van der Waals surface area contributed by atoms with Crippen molar-refractivity contribution in [1.82, 2.24) is 10.3 Å². The quantitative estimate of drug-likeness (QED) is 0.835. The minimum atomic E-state index is -0.820. The molecule has 0 unspecified atom stereocenters. The number of rotatable bonds is 5.